The van der Waals surface area contributed by atoms with Crippen LogP contribution >= 0.6 is 0 Å². The van der Waals surface area contributed by atoms with Crippen LogP contribution in [0, 0.1) is 119 Å². The van der Waals surface area contributed by atoms with E-state index in [0.717, 1.165) is 22.3 Å². The van der Waals surface area contributed by atoms with E-state index in [1.165, 1.54) is 8.61 Å². The van der Waals surface area contributed by atoms with Gasteiger partial charge in [0, 0.05) is 52.4 Å². The number of hydrogen-bond acceptors (Lipinski definition) is 8. The van der Waals surface area contributed by atoms with Gasteiger partial charge in [0.25, 0.3) is 0 Å². The monoisotopic (exact) mass is 1050 g/mol. The van der Waals surface area contributed by atoms with Gasteiger partial charge in [0.15, 0.2) is 0 Å². The molecule has 0 unspecified atom stereocenters. The first-order chi connectivity index (χ1) is 33.0. The minimum absolute atomic E-state index is 0.0274. The van der Waals surface area contributed by atoms with Gasteiger partial charge in [-0.1, -0.05) is 84.6 Å². The van der Waals surface area contributed by atoms with Gasteiger partial charge in [-0.15, -0.1) is 0 Å². The van der Waals surface area contributed by atoms with E-state index in [4.69, 9.17) is 0 Å². The van der Waals surface area contributed by atoms with Gasteiger partial charge in [-0.05, 0) is 182 Å². The van der Waals surface area contributed by atoms with Gasteiger partial charge in [-0.3, -0.25) is 0 Å². The highest BCUT2D eigenvalue weighted by atomic mass is 32.2. The van der Waals surface area contributed by atoms with Crippen molar-refractivity contribution in [2.45, 2.75) is 136 Å². The molecule has 3 saturated carbocycles. The summed E-state index contributed by atoms with van der Waals surface area (Å²) in [5.41, 5.74) is 9.42. The summed E-state index contributed by atoms with van der Waals surface area (Å²) in [6.45, 7) is 28.1. The summed E-state index contributed by atoms with van der Waals surface area (Å²) in [5, 5.41) is 0. The van der Waals surface area contributed by atoms with Gasteiger partial charge in [-0.2, -0.15) is 17.2 Å². The molecule has 3 aliphatic carbocycles. The molecule has 3 fully saturated rings. The number of sulfonamides is 4. The fraction of sp³-hybridized carbons (Fsp3) is 0.564. The Bertz CT molecular complexity index is 2870. The fourth-order valence-corrected chi connectivity index (χ4v) is 19.8. The largest absolute Gasteiger partial charge is 0.243 e. The van der Waals surface area contributed by atoms with Gasteiger partial charge in [-0.25, -0.2) is 33.7 Å². The number of rotatable bonds is 22. The van der Waals surface area contributed by atoms with Crippen molar-refractivity contribution in [3.05, 3.63) is 115 Å². The molecule has 0 saturated heterocycles. The van der Waals surface area contributed by atoms with Crippen molar-refractivity contribution in [2.24, 2.45) is 35.5 Å². The van der Waals surface area contributed by atoms with Crippen LogP contribution in [0.15, 0.2) is 68.1 Å². The van der Waals surface area contributed by atoms with Crippen molar-refractivity contribution in [3.8, 4) is 0 Å². The van der Waals surface area contributed by atoms with Crippen LogP contribution in [-0.4, -0.2) is 103 Å². The summed E-state index contributed by atoms with van der Waals surface area (Å²) >= 11 is 0. The van der Waals surface area contributed by atoms with Crippen LogP contribution in [0.2, 0.25) is 0 Å². The lowest BCUT2D eigenvalue weighted by molar-refractivity contribution is 0.330. The highest BCUT2D eigenvalue weighted by molar-refractivity contribution is 7.90. The summed E-state index contributed by atoms with van der Waals surface area (Å²) < 4.78 is 123. The molecule has 390 valence electrons. The topological polar surface area (TPSA) is 150 Å². The van der Waals surface area contributed by atoms with Crippen LogP contribution in [0.1, 0.15) is 99.9 Å². The Balaban J connectivity index is 1.13. The summed E-state index contributed by atoms with van der Waals surface area (Å²) in [4.78, 5) is 1.23. The van der Waals surface area contributed by atoms with Crippen LogP contribution < -0.4 is 0 Å². The molecule has 0 radical (unpaired) electrons. The minimum atomic E-state index is -4.03. The van der Waals surface area contributed by atoms with E-state index in [1.54, 1.807) is 8.61 Å². The lowest BCUT2D eigenvalue weighted by atomic mass is 10.1. The van der Waals surface area contributed by atoms with E-state index < -0.39 is 40.1 Å². The molecule has 4 aromatic carbocycles. The van der Waals surface area contributed by atoms with Crippen molar-refractivity contribution < 1.29 is 33.7 Å². The summed E-state index contributed by atoms with van der Waals surface area (Å²) in [6.07, 6.45) is 2.02. The fourth-order valence-electron chi connectivity index (χ4n) is 12.0. The predicted molar refractivity (Wildman–Crippen MR) is 284 cm³/mol. The maximum Gasteiger partial charge on any atom is 0.243 e. The standard InChI is InChI=1S/C55H78N4O8S4/c1-15-56(68(60,61)52-38(7)17-34(3)18-39(52)8)28-46-25-48(46)30-58(70(64,65)54-42(11)21-36(5)22-43(54)12)32-50-27-51(50)33-59(71(66,67)55-44(13)23-37(6)24-45(55)14)31-49-26-47(49)29-57(16-2)69(62,63)53-40(9)19-35(4)20-41(53)10/h17-24,46-51H,15-16,25-33H2,1-14H3/t46-,47+,48-,49+,50-,51-/m1/s1. The van der Waals surface area contributed by atoms with E-state index in [1.807, 2.05) is 145 Å². The Morgan fingerprint density at radius 3 is 0.634 bits per heavy atom. The maximum absolute atomic E-state index is 15.0. The molecular formula is C55H78N4O8S4. The zero-order chi connectivity index (χ0) is 52.4. The third-order valence-corrected chi connectivity index (χ3v) is 24.1. The van der Waals surface area contributed by atoms with Crippen molar-refractivity contribution >= 4 is 40.1 Å². The molecule has 0 aliphatic heterocycles. The van der Waals surface area contributed by atoms with Crippen molar-refractivity contribution in [1.82, 2.24) is 17.2 Å². The summed E-state index contributed by atoms with van der Waals surface area (Å²) in [6, 6.07) is 15.1. The van der Waals surface area contributed by atoms with E-state index in [-0.39, 0.29) is 84.6 Å². The second kappa shape index (κ2) is 20.7. The Hall–Kier alpha value is -3.48. The van der Waals surface area contributed by atoms with Gasteiger partial charge >= 0.3 is 0 Å². The molecule has 3 aliphatic rings. The molecule has 0 spiro atoms. The van der Waals surface area contributed by atoms with Crippen LogP contribution in [0.3, 0.4) is 0 Å². The Morgan fingerprint density at radius 2 is 0.465 bits per heavy atom. The number of aryl methyl sites for hydroxylation is 12. The molecule has 0 bridgehead atoms. The molecule has 16 heteroatoms. The van der Waals surface area contributed by atoms with E-state index >= 15 is 16.8 Å². The minimum Gasteiger partial charge on any atom is -0.207 e. The van der Waals surface area contributed by atoms with Crippen LogP contribution in [-0.2, 0) is 40.1 Å². The quantitative estimate of drug-likeness (QED) is 0.0756. The first kappa shape index (κ1) is 55.3. The highest BCUT2D eigenvalue weighted by Gasteiger charge is 2.50. The average molecular weight is 1050 g/mol. The molecule has 0 aromatic heterocycles. The highest BCUT2D eigenvalue weighted by Crippen LogP contribution is 2.48. The maximum atomic E-state index is 15.0. The molecule has 71 heavy (non-hydrogen) atoms. The smallest absolute Gasteiger partial charge is 0.207 e. The van der Waals surface area contributed by atoms with Gasteiger partial charge in [0.05, 0.1) is 19.6 Å². The summed E-state index contributed by atoms with van der Waals surface area (Å²) in [7, 11) is -15.7. The van der Waals surface area contributed by atoms with Crippen LogP contribution in [0.25, 0.3) is 0 Å². The zero-order valence-corrected chi connectivity index (χ0v) is 47.8. The van der Waals surface area contributed by atoms with Crippen molar-refractivity contribution in [3.63, 3.8) is 0 Å². The van der Waals surface area contributed by atoms with E-state index in [2.05, 4.69) is 0 Å². The summed E-state index contributed by atoms with van der Waals surface area (Å²) in [5.74, 6) is -0.385. The SMILES string of the molecule is CCN(C[C@H]1C[C@@H]1CN(C[C@H]1C[C@@H]1CN(C[C@@H]1C[C@H]1CN(CC)S(=O)(=O)c1c(C)cc(C)cc1C)S(=O)(=O)c1c(C)cc(C)cc1C)S(=O)(=O)c1c(C)cc(C)cc1C)S(=O)(=O)c1c(C)cc(C)cc1C. The molecule has 0 heterocycles. The normalized spacial score (nSPS) is 21.5. The molecule has 7 rings (SSSR count). The molecular weight excluding hydrogens is 973 g/mol. The van der Waals surface area contributed by atoms with Crippen LogP contribution in [0.4, 0.5) is 0 Å². The first-order valence-electron chi connectivity index (χ1n) is 25.3. The molecule has 6 atom stereocenters. The molecule has 4 aromatic rings. The van der Waals surface area contributed by atoms with Gasteiger partial charge < -0.3 is 0 Å². The van der Waals surface area contributed by atoms with Gasteiger partial charge in [0.2, 0.25) is 40.1 Å². The second-order valence-electron chi connectivity index (χ2n) is 21.7. The number of hydrogen-bond donors (Lipinski definition) is 0. The Kier molecular flexibility index (Phi) is 16.1. The molecule has 12 nitrogen and oxygen atoms in total. The lowest BCUT2D eigenvalue weighted by Gasteiger charge is -2.27. The van der Waals surface area contributed by atoms with E-state index in [9.17, 15) is 16.8 Å². The van der Waals surface area contributed by atoms with Crippen LogP contribution in [0.5, 0.6) is 0 Å². The average Bonchev–Trinajstić information content (AvgIpc) is 4.16. The Labute approximate surface area is 427 Å². The Morgan fingerprint density at radius 1 is 0.310 bits per heavy atom. The predicted octanol–water partition coefficient (Wildman–Crippen LogP) is 9.40. The molecule has 0 N–H and O–H groups in total. The first-order valence-corrected chi connectivity index (χ1v) is 31.1. The third kappa shape index (κ3) is 11.6. The third-order valence-electron chi connectivity index (χ3n) is 15.4. The van der Waals surface area contributed by atoms with Crippen molar-refractivity contribution in [1.29, 1.82) is 0 Å². The van der Waals surface area contributed by atoms with Crippen molar-refractivity contribution in [2.75, 3.05) is 52.4 Å². The molecule has 0 amide bonds. The zero-order valence-electron chi connectivity index (χ0n) is 44.5. The number of nitrogens with zero attached hydrogens (tertiary/aromatic N) is 4. The van der Waals surface area contributed by atoms with Gasteiger partial charge in [0.1, 0.15) is 0 Å². The lowest BCUT2D eigenvalue weighted by Crippen LogP contribution is -2.39. The number of benzene rings is 4. The second-order valence-corrected chi connectivity index (χ2v) is 29.2. The van der Waals surface area contributed by atoms with E-state index in [0.29, 0.717) is 86.7 Å².